The molecule has 0 radical (unpaired) electrons. The van der Waals surface area contributed by atoms with E-state index in [0.717, 1.165) is 18.4 Å². The van der Waals surface area contributed by atoms with Gasteiger partial charge in [-0.2, -0.15) is 0 Å². The van der Waals surface area contributed by atoms with Crippen LogP contribution in [0.5, 0.6) is 0 Å². The van der Waals surface area contributed by atoms with Crippen molar-refractivity contribution < 1.29 is 0 Å². The van der Waals surface area contributed by atoms with Crippen LogP contribution in [0.4, 0.5) is 0 Å². The zero-order chi connectivity index (χ0) is 14.9. The summed E-state index contributed by atoms with van der Waals surface area (Å²) >= 11 is 0. The second-order valence-electron chi connectivity index (χ2n) is 6.60. The molecule has 0 bridgehead atoms. The first kappa shape index (κ1) is 16.5. The maximum absolute atomic E-state index is 3.77. The van der Waals surface area contributed by atoms with E-state index in [2.05, 4.69) is 54.5 Å². The summed E-state index contributed by atoms with van der Waals surface area (Å²) in [6, 6.07) is 11.6. The smallest absolute Gasteiger partial charge is 0.0107 e. The highest BCUT2D eigenvalue weighted by atomic mass is 15.1. The van der Waals surface area contributed by atoms with Crippen molar-refractivity contribution in [2.24, 2.45) is 5.92 Å². The molecule has 1 saturated carbocycles. The van der Waals surface area contributed by atoms with Crippen LogP contribution in [-0.4, -0.2) is 37.6 Å². The molecule has 1 N–H and O–H groups in total. The molecule has 21 heavy (non-hydrogen) atoms. The first-order valence-corrected chi connectivity index (χ1v) is 8.75. The van der Waals surface area contributed by atoms with Crippen molar-refractivity contribution in [1.29, 1.82) is 0 Å². The molecule has 118 valence electrons. The van der Waals surface area contributed by atoms with Crippen LogP contribution in [0, 0.1) is 5.92 Å². The van der Waals surface area contributed by atoms with E-state index >= 15 is 0 Å². The van der Waals surface area contributed by atoms with Gasteiger partial charge in [0, 0.05) is 19.1 Å². The Kier molecular flexibility index (Phi) is 7.25. The third kappa shape index (κ3) is 5.80. The molecule has 2 heteroatoms. The molecule has 2 rings (SSSR count). The highest BCUT2D eigenvalue weighted by molar-refractivity contribution is 5.14. The number of hydrogen-bond donors (Lipinski definition) is 1. The van der Waals surface area contributed by atoms with Gasteiger partial charge in [-0.25, -0.2) is 0 Å². The van der Waals surface area contributed by atoms with Gasteiger partial charge in [0.15, 0.2) is 0 Å². The number of rotatable bonds is 8. The van der Waals surface area contributed by atoms with Crippen molar-refractivity contribution in [3.05, 3.63) is 35.9 Å². The Morgan fingerprint density at radius 3 is 2.67 bits per heavy atom. The highest BCUT2D eigenvalue weighted by Crippen LogP contribution is 2.25. The van der Waals surface area contributed by atoms with Crippen molar-refractivity contribution in [2.75, 3.05) is 26.7 Å². The molecular weight excluding hydrogens is 256 g/mol. The lowest BCUT2D eigenvalue weighted by Crippen LogP contribution is -2.44. The normalized spacial score (nSPS) is 22.6. The monoisotopic (exact) mass is 288 g/mol. The zero-order valence-corrected chi connectivity index (χ0v) is 13.9. The van der Waals surface area contributed by atoms with Gasteiger partial charge < -0.3 is 10.2 Å². The highest BCUT2D eigenvalue weighted by Gasteiger charge is 2.25. The summed E-state index contributed by atoms with van der Waals surface area (Å²) in [5, 5.41) is 3.77. The number of nitrogens with zero attached hydrogens (tertiary/aromatic N) is 1. The maximum Gasteiger partial charge on any atom is 0.0107 e. The van der Waals surface area contributed by atoms with Gasteiger partial charge in [0.25, 0.3) is 0 Å². The molecule has 2 unspecified atom stereocenters. The standard InChI is InChI=1S/C19H32N2/c1-3-14-20-19-12-8-7-11-18(19)16-21(2)15-13-17-9-5-4-6-10-17/h4-6,9-10,18-20H,3,7-8,11-16H2,1-2H3. The van der Waals surface area contributed by atoms with E-state index in [1.165, 1.54) is 57.3 Å². The zero-order valence-electron chi connectivity index (χ0n) is 13.9. The lowest BCUT2D eigenvalue weighted by molar-refractivity contribution is 0.190. The molecular formula is C19H32N2. The van der Waals surface area contributed by atoms with Crippen LogP contribution < -0.4 is 5.32 Å². The Labute approximate surface area is 130 Å². The Morgan fingerprint density at radius 1 is 1.14 bits per heavy atom. The first-order valence-electron chi connectivity index (χ1n) is 8.75. The van der Waals surface area contributed by atoms with Gasteiger partial charge in [-0.3, -0.25) is 0 Å². The van der Waals surface area contributed by atoms with Gasteiger partial charge in [0.2, 0.25) is 0 Å². The average molecular weight is 288 g/mol. The van der Waals surface area contributed by atoms with Crippen molar-refractivity contribution in [1.82, 2.24) is 10.2 Å². The Hall–Kier alpha value is -0.860. The first-order chi connectivity index (χ1) is 10.3. The molecule has 1 aromatic rings. The van der Waals surface area contributed by atoms with E-state index in [1.807, 2.05) is 0 Å². The van der Waals surface area contributed by atoms with Crippen molar-refractivity contribution >= 4 is 0 Å². The summed E-state index contributed by atoms with van der Waals surface area (Å²) in [6.45, 7) is 5.85. The summed E-state index contributed by atoms with van der Waals surface area (Å²) < 4.78 is 0. The second-order valence-corrected chi connectivity index (χ2v) is 6.60. The second kappa shape index (κ2) is 9.22. The molecule has 0 aromatic heterocycles. The topological polar surface area (TPSA) is 15.3 Å². The van der Waals surface area contributed by atoms with Crippen LogP contribution in [-0.2, 0) is 6.42 Å². The Morgan fingerprint density at radius 2 is 1.90 bits per heavy atom. The van der Waals surface area contributed by atoms with Crippen molar-refractivity contribution in [3.63, 3.8) is 0 Å². The predicted molar refractivity (Wildman–Crippen MR) is 91.7 cm³/mol. The summed E-state index contributed by atoms with van der Waals surface area (Å²) in [4.78, 5) is 2.53. The number of nitrogens with one attached hydrogen (secondary N) is 1. The largest absolute Gasteiger partial charge is 0.314 e. The quantitative estimate of drug-likeness (QED) is 0.784. The van der Waals surface area contributed by atoms with E-state index in [0.29, 0.717) is 0 Å². The molecule has 2 atom stereocenters. The van der Waals surface area contributed by atoms with Crippen molar-refractivity contribution in [2.45, 2.75) is 51.5 Å². The lowest BCUT2D eigenvalue weighted by atomic mass is 9.84. The number of likely N-dealkylation sites (N-methyl/N-ethyl adjacent to an activating group) is 1. The van der Waals surface area contributed by atoms with E-state index in [9.17, 15) is 0 Å². The molecule has 1 aliphatic carbocycles. The van der Waals surface area contributed by atoms with Gasteiger partial charge >= 0.3 is 0 Å². The number of benzene rings is 1. The van der Waals surface area contributed by atoms with E-state index in [1.54, 1.807) is 0 Å². The minimum Gasteiger partial charge on any atom is -0.314 e. The minimum absolute atomic E-state index is 0.748. The van der Waals surface area contributed by atoms with E-state index in [4.69, 9.17) is 0 Å². The molecule has 0 saturated heterocycles. The Bertz CT molecular complexity index is 376. The molecule has 0 spiro atoms. The van der Waals surface area contributed by atoms with Gasteiger partial charge in [-0.05, 0) is 50.8 Å². The van der Waals surface area contributed by atoms with Gasteiger partial charge in [0.05, 0.1) is 0 Å². The fourth-order valence-corrected chi connectivity index (χ4v) is 3.48. The summed E-state index contributed by atoms with van der Waals surface area (Å²) in [6.07, 6.45) is 8.01. The fraction of sp³-hybridized carbons (Fsp3) is 0.684. The number of hydrogen-bond acceptors (Lipinski definition) is 2. The Balaban J connectivity index is 1.75. The fourth-order valence-electron chi connectivity index (χ4n) is 3.48. The molecule has 0 amide bonds. The summed E-state index contributed by atoms with van der Waals surface area (Å²) in [7, 11) is 2.29. The van der Waals surface area contributed by atoms with Crippen LogP contribution in [0.1, 0.15) is 44.6 Å². The minimum atomic E-state index is 0.748. The van der Waals surface area contributed by atoms with Crippen LogP contribution in [0.15, 0.2) is 30.3 Å². The van der Waals surface area contributed by atoms with Crippen LogP contribution in [0.2, 0.25) is 0 Å². The maximum atomic E-state index is 3.77. The SMILES string of the molecule is CCCNC1CCCCC1CN(C)CCc1ccccc1. The molecule has 1 fully saturated rings. The predicted octanol–water partition coefficient (Wildman–Crippen LogP) is 3.72. The van der Waals surface area contributed by atoms with Crippen molar-refractivity contribution in [3.8, 4) is 0 Å². The summed E-state index contributed by atoms with van der Waals surface area (Å²) in [5.41, 5.74) is 1.45. The summed E-state index contributed by atoms with van der Waals surface area (Å²) in [5.74, 6) is 0.839. The van der Waals surface area contributed by atoms with E-state index < -0.39 is 0 Å². The van der Waals surface area contributed by atoms with Gasteiger partial charge in [-0.1, -0.05) is 50.1 Å². The third-order valence-electron chi connectivity index (χ3n) is 4.74. The molecule has 2 nitrogen and oxygen atoms in total. The van der Waals surface area contributed by atoms with Crippen LogP contribution >= 0.6 is 0 Å². The van der Waals surface area contributed by atoms with Crippen LogP contribution in [0.3, 0.4) is 0 Å². The molecule has 0 heterocycles. The average Bonchev–Trinajstić information content (AvgIpc) is 2.53. The van der Waals surface area contributed by atoms with Crippen LogP contribution in [0.25, 0.3) is 0 Å². The van der Waals surface area contributed by atoms with E-state index in [-0.39, 0.29) is 0 Å². The third-order valence-corrected chi connectivity index (χ3v) is 4.74. The molecule has 1 aromatic carbocycles. The molecule has 1 aliphatic rings. The van der Waals surface area contributed by atoms with Gasteiger partial charge in [-0.15, -0.1) is 0 Å². The van der Waals surface area contributed by atoms with Gasteiger partial charge in [0.1, 0.15) is 0 Å². The lowest BCUT2D eigenvalue weighted by Gasteiger charge is -2.35. The molecule has 0 aliphatic heterocycles.